The lowest BCUT2D eigenvalue weighted by Crippen LogP contribution is -2.32. The van der Waals surface area contributed by atoms with Gasteiger partial charge in [0.05, 0.1) is 11.0 Å². The van der Waals surface area contributed by atoms with E-state index in [2.05, 4.69) is 5.32 Å². The van der Waals surface area contributed by atoms with Crippen molar-refractivity contribution in [3.8, 4) is 0 Å². The predicted molar refractivity (Wildman–Crippen MR) is 61.3 cm³/mol. The molecule has 0 radical (unpaired) electrons. The maximum absolute atomic E-state index is 11.6. The van der Waals surface area contributed by atoms with Crippen molar-refractivity contribution in [1.82, 2.24) is 5.32 Å². The third-order valence-electron chi connectivity index (χ3n) is 2.34. The highest BCUT2D eigenvalue weighted by molar-refractivity contribution is 7.91. The smallest absolute Gasteiger partial charge is 0.152 e. The van der Waals surface area contributed by atoms with E-state index < -0.39 is 9.84 Å². The first-order chi connectivity index (χ1) is 6.44. The Morgan fingerprint density at radius 1 is 1.21 bits per heavy atom. The molecule has 2 atom stereocenters. The van der Waals surface area contributed by atoms with Gasteiger partial charge in [0.15, 0.2) is 9.84 Å². The van der Waals surface area contributed by atoms with E-state index in [1.165, 1.54) is 0 Å². The average Bonchev–Trinajstić information content (AvgIpc) is 2.04. The van der Waals surface area contributed by atoms with E-state index in [9.17, 15) is 8.42 Å². The topological polar surface area (TPSA) is 46.2 Å². The van der Waals surface area contributed by atoms with Gasteiger partial charge in [0, 0.05) is 6.04 Å². The first-order valence-electron chi connectivity index (χ1n) is 5.39. The Morgan fingerprint density at radius 3 is 2.21 bits per heavy atom. The second-order valence-corrected chi connectivity index (χ2v) is 6.41. The van der Waals surface area contributed by atoms with Gasteiger partial charge in [-0.2, -0.15) is 0 Å². The quantitative estimate of drug-likeness (QED) is 0.710. The standard InChI is InChI=1S/C10H23NO2S/c1-5-7-14(12,13)10(4)8-9(3)11-6-2/h9-11H,5-8H2,1-4H3. The van der Waals surface area contributed by atoms with Crippen LogP contribution < -0.4 is 5.32 Å². The summed E-state index contributed by atoms with van der Waals surface area (Å²) in [5, 5.41) is 3.00. The Hall–Kier alpha value is -0.0900. The maximum Gasteiger partial charge on any atom is 0.152 e. The van der Waals surface area contributed by atoms with E-state index in [0.717, 1.165) is 6.54 Å². The zero-order valence-electron chi connectivity index (χ0n) is 9.71. The molecule has 1 N–H and O–H groups in total. The number of hydrogen-bond acceptors (Lipinski definition) is 3. The predicted octanol–water partition coefficient (Wildman–Crippen LogP) is 1.59. The Labute approximate surface area is 88.2 Å². The van der Waals surface area contributed by atoms with E-state index >= 15 is 0 Å². The molecule has 0 saturated carbocycles. The summed E-state index contributed by atoms with van der Waals surface area (Å²) in [4.78, 5) is 0. The lowest BCUT2D eigenvalue weighted by atomic mass is 10.2. The highest BCUT2D eigenvalue weighted by Crippen LogP contribution is 2.10. The zero-order valence-corrected chi connectivity index (χ0v) is 10.5. The molecule has 86 valence electrons. The molecule has 0 fully saturated rings. The van der Waals surface area contributed by atoms with Crippen LogP contribution in [0.25, 0.3) is 0 Å². The van der Waals surface area contributed by atoms with Gasteiger partial charge in [0.25, 0.3) is 0 Å². The largest absolute Gasteiger partial charge is 0.314 e. The molecule has 0 aliphatic rings. The van der Waals surface area contributed by atoms with Gasteiger partial charge in [-0.15, -0.1) is 0 Å². The summed E-state index contributed by atoms with van der Waals surface area (Å²) in [6.07, 6.45) is 1.42. The van der Waals surface area contributed by atoms with Crippen molar-refractivity contribution in [2.24, 2.45) is 0 Å². The minimum atomic E-state index is -2.86. The third kappa shape index (κ3) is 4.96. The van der Waals surface area contributed by atoms with Crippen LogP contribution in [0.3, 0.4) is 0 Å². The van der Waals surface area contributed by atoms with Gasteiger partial charge in [-0.25, -0.2) is 8.42 Å². The van der Waals surface area contributed by atoms with Crippen LogP contribution in [0.1, 0.15) is 40.5 Å². The maximum atomic E-state index is 11.6. The van der Waals surface area contributed by atoms with E-state index in [0.29, 0.717) is 18.6 Å². The second-order valence-electron chi connectivity index (χ2n) is 3.87. The first kappa shape index (κ1) is 13.9. The second kappa shape index (κ2) is 6.40. The fraction of sp³-hybridized carbons (Fsp3) is 1.00. The summed E-state index contributed by atoms with van der Waals surface area (Å²) in [5.41, 5.74) is 0. The Morgan fingerprint density at radius 2 is 1.79 bits per heavy atom. The SMILES string of the molecule is CCCS(=O)(=O)C(C)CC(C)NCC. The summed E-state index contributed by atoms with van der Waals surface area (Å²) in [7, 11) is -2.86. The summed E-state index contributed by atoms with van der Waals surface area (Å²) in [6.45, 7) is 8.65. The van der Waals surface area contributed by atoms with Gasteiger partial charge in [0.1, 0.15) is 0 Å². The molecule has 0 bridgehead atoms. The molecule has 0 saturated heterocycles. The number of nitrogens with one attached hydrogen (secondary N) is 1. The van der Waals surface area contributed by atoms with Crippen LogP contribution in [0, 0.1) is 0 Å². The Kier molecular flexibility index (Phi) is 6.36. The lowest BCUT2D eigenvalue weighted by molar-refractivity contribution is 0.509. The fourth-order valence-electron chi connectivity index (χ4n) is 1.56. The van der Waals surface area contributed by atoms with Crippen LogP contribution in [0.4, 0.5) is 0 Å². The van der Waals surface area contributed by atoms with Crippen molar-refractivity contribution < 1.29 is 8.42 Å². The summed E-state index contributed by atoms with van der Waals surface area (Å²) in [6, 6.07) is 0.279. The lowest BCUT2D eigenvalue weighted by Gasteiger charge is -2.17. The minimum Gasteiger partial charge on any atom is -0.314 e. The fourth-order valence-corrected chi connectivity index (χ4v) is 3.12. The molecule has 0 aromatic heterocycles. The van der Waals surface area contributed by atoms with Crippen LogP contribution in [0.5, 0.6) is 0 Å². The highest BCUT2D eigenvalue weighted by Gasteiger charge is 2.21. The molecule has 0 amide bonds. The molecule has 0 aliphatic carbocycles. The molecule has 0 spiro atoms. The zero-order chi connectivity index (χ0) is 11.2. The summed E-state index contributed by atoms with van der Waals surface area (Å²) >= 11 is 0. The monoisotopic (exact) mass is 221 g/mol. The summed E-state index contributed by atoms with van der Waals surface area (Å²) < 4.78 is 23.3. The molecule has 14 heavy (non-hydrogen) atoms. The molecule has 2 unspecified atom stereocenters. The van der Waals surface area contributed by atoms with Crippen molar-refractivity contribution in [3.63, 3.8) is 0 Å². The van der Waals surface area contributed by atoms with Crippen LogP contribution in [0.2, 0.25) is 0 Å². The Bertz CT molecular complexity index is 237. The van der Waals surface area contributed by atoms with Gasteiger partial charge in [-0.3, -0.25) is 0 Å². The van der Waals surface area contributed by atoms with Gasteiger partial charge >= 0.3 is 0 Å². The molecule has 3 nitrogen and oxygen atoms in total. The average molecular weight is 221 g/mol. The first-order valence-corrected chi connectivity index (χ1v) is 7.10. The van der Waals surface area contributed by atoms with Crippen molar-refractivity contribution >= 4 is 9.84 Å². The van der Waals surface area contributed by atoms with Crippen LogP contribution >= 0.6 is 0 Å². The van der Waals surface area contributed by atoms with Crippen LogP contribution in [-0.2, 0) is 9.84 Å². The Balaban J connectivity index is 4.12. The number of rotatable bonds is 7. The molecule has 4 heteroatoms. The molecule has 0 aromatic carbocycles. The van der Waals surface area contributed by atoms with Crippen LogP contribution in [-0.4, -0.2) is 32.0 Å². The van der Waals surface area contributed by atoms with Crippen molar-refractivity contribution in [3.05, 3.63) is 0 Å². The van der Waals surface area contributed by atoms with Crippen LogP contribution in [0.15, 0.2) is 0 Å². The van der Waals surface area contributed by atoms with E-state index in [-0.39, 0.29) is 11.3 Å². The molecular formula is C10H23NO2S. The molecule has 0 aromatic rings. The van der Waals surface area contributed by atoms with Crippen molar-refractivity contribution in [2.45, 2.75) is 51.8 Å². The number of hydrogen-bond donors (Lipinski definition) is 1. The van der Waals surface area contributed by atoms with E-state index in [1.807, 2.05) is 20.8 Å². The van der Waals surface area contributed by atoms with Crippen molar-refractivity contribution in [2.75, 3.05) is 12.3 Å². The number of sulfone groups is 1. The molecular weight excluding hydrogens is 198 g/mol. The van der Waals surface area contributed by atoms with Gasteiger partial charge in [0.2, 0.25) is 0 Å². The molecule has 0 heterocycles. The third-order valence-corrected chi connectivity index (χ3v) is 4.74. The summed E-state index contributed by atoms with van der Waals surface area (Å²) in [5.74, 6) is 0.313. The molecule has 0 rings (SSSR count). The normalized spacial score (nSPS) is 16.6. The van der Waals surface area contributed by atoms with E-state index in [1.54, 1.807) is 6.92 Å². The molecule has 0 aliphatic heterocycles. The van der Waals surface area contributed by atoms with Gasteiger partial charge < -0.3 is 5.32 Å². The van der Waals surface area contributed by atoms with Gasteiger partial charge in [-0.1, -0.05) is 13.8 Å². The minimum absolute atomic E-state index is 0.225. The van der Waals surface area contributed by atoms with Crippen molar-refractivity contribution in [1.29, 1.82) is 0 Å². The van der Waals surface area contributed by atoms with E-state index in [4.69, 9.17) is 0 Å². The highest BCUT2D eigenvalue weighted by atomic mass is 32.2. The van der Waals surface area contributed by atoms with Gasteiger partial charge in [-0.05, 0) is 33.2 Å².